The van der Waals surface area contributed by atoms with Crippen LogP contribution in [0.25, 0.3) is 0 Å². The van der Waals surface area contributed by atoms with Crippen LogP contribution in [0, 0.1) is 12.3 Å². The smallest absolute Gasteiger partial charge is 0.0585 e. The Labute approximate surface area is 72.9 Å². The van der Waals surface area contributed by atoms with E-state index in [1.807, 2.05) is 11.8 Å². The molecule has 0 saturated carbocycles. The van der Waals surface area contributed by atoms with Crippen LogP contribution in [0.4, 0.5) is 0 Å². The molecule has 0 spiro atoms. The first kappa shape index (κ1) is 8.96. The third-order valence-corrected chi connectivity index (χ3v) is 3.00. The van der Waals surface area contributed by atoms with Gasteiger partial charge in [0.2, 0.25) is 0 Å². The van der Waals surface area contributed by atoms with Crippen LogP contribution < -0.4 is 0 Å². The van der Waals surface area contributed by atoms with Gasteiger partial charge in [-0.2, -0.15) is 11.8 Å². The maximum Gasteiger partial charge on any atom is 0.0585 e. The van der Waals surface area contributed by atoms with Crippen LogP contribution in [-0.2, 0) is 4.74 Å². The average molecular weight is 170 g/mol. The zero-order valence-corrected chi connectivity index (χ0v) is 7.53. The quantitative estimate of drug-likeness (QED) is 0.473. The molecular weight excluding hydrogens is 156 g/mol. The summed E-state index contributed by atoms with van der Waals surface area (Å²) in [7, 11) is 0. The number of terminal acetylenes is 1. The number of hydrogen-bond acceptors (Lipinski definition) is 2. The van der Waals surface area contributed by atoms with Crippen LogP contribution in [0.5, 0.6) is 0 Å². The van der Waals surface area contributed by atoms with Gasteiger partial charge < -0.3 is 4.74 Å². The molecule has 1 rings (SSSR count). The molecule has 1 saturated heterocycles. The molecular formula is C9H14OS. The number of thioether (sulfide) groups is 1. The summed E-state index contributed by atoms with van der Waals surface area (Å²) in [5.74, 6) is 3.73. The topological polar surface area (TPSA) is 9.23 Å². The minimum atomic E-state index is 0.706. The molecule has 2 heteroatoms. The van der Waals surface area contributed by atoms with E-state index in [0.29, 0.717) is 5.25 Å². The Bertz CT molecular complexity index is 133. The molecule has 0 amide bonds. The van der Waals surface area contributed by atoms with E-state index in [1.165, 1.54) is 12.8 Å². The van der Waals surface area contributed by atoms with Crippen molar-refractivity contribution in [3.8, 4) is 12.3 Å². The second kappa shape index (κ2) is 5.51. The Balaban J connectivity index is 2.01. The van der Waals surface area contributed by atoms with Crippen molar-refractivity contribution in [2.75, 3.05) is 19.0 Å². The lowest BCUT2D eigenvalue weighted by Crippen LogP contribution is -2.19. The van der Waals surface area contributed by atoms with Gasteiger partial charge in [0.1, 0.15) is 0 Å². The minimum absolute atomic E-state index is 0.706. The van der Waals surface area contributed by atoms with Crippen LogP contribution in [0.3, 0.4) is 0 Å². The van der Waals surface area contributed by atoms with Crippen LogP contribution in [0.2, 0.25) is 0 Å². The molecule has 0 aliphatic carbocycles. The van der Waals surface area contributed by atoms with Gasteiger partial charge in [0, 0.05) is 24.0 Å². The summed E-state index contributed by atoms with van der Waals surface area (Å²) in [5, 5.41) is 0.706. The zero-order valence-electron chi connectivity index (χ0n) is 6.71. The molecule has 0 N–H and O–H groups in total. The van der Waals surface area contributed by atoms with E-state index in [-0.39, 0.29) is 0 Å². The van der Waals surface area contributed by atoms with E-state index >= 15 is 0 Å². The predicted molar refractivity (Wildman–Crippen MR) is 49.7 cm³/mol. The summed E-state index contributed by atoms with van der Waals surface area (Å²) in [5.41, 5.74) is 0. The van der Waals surface area contributed by atoms with Gasteiger partial charge in [-0.1, -0.05) is 0 Å². The van der Waals surface area contributed by atoms with Crippen LogP contribution >= 0.6 is 11.8 Å². The SMILES string of the molecule is C#CCCSC1CCCOC1. The van der Waals surface area contributed by atoms with Crippen molar-refractivity contribution in [3.05, 3.63) is 0 Å². The molecule has 1 atom stereocenters. The third kappa shape index (κ3) is 3.69. The van der Waals surface area contributed by atoms with E-state index < -0.39 is 0 Å². The highest BCUT2D eigenvalue weighted by atomic mass is 32.2. The Morgan fingerprint density at radius 3 is 3.18 bits per heavy atom. The molecule has 0 aromatic rings. The normalized spacial score (nSPS) is 24.5. The van der Waals surface area contributed by atoms with E-state index in [2.05, 4.69) is 5.92 Å². The van der Waals surface area contributed by atoms with Crippen molar-refractivity contribution in [1.82, 2.24) is 0 Å². The Morgan fingerprint density at radius 1 is 1.64 bits per heavy atom. The zero-order chi connectivity index (χ0) is 7.94. The lowest BCUT2D eigenvalue weighted by Gasteiger charge is -2.20. The largest absolute Gasteiger partial charge is 0.380 e. The van der Waals surface area contributed by atoms with E-state index in [1.54, 1.807) is 0 Å². The van der Waals surface area contributed by atoms with E-state index in [4.69, 9.17) is 11.2 Å². The van der Waals surface area contributed by atoms with Crippen molar-refractivity contribution in [3.63, 3.8) is 0 Å². The fourth-order valence-corrected chi connectivity index (χ4v) is 2.22. The predicted octanol–water partition coefficient (Wildman–Crippen LogP) is 1.92. The second-order valence-electron chi connectivity index (χ2n) is 2.66. The Kier molecular flexibility index (Phi) is 4.49. The van der Waals surface area contributed by atoms with Crippen LogP contribution in [-0.4, -0.2) is 24.2 Å². The van der Waals surface area contributed by atoms with Gasteiger partial charge >= 0.3 is 0 Å². The summed E-state index contributed by atoms with van der Waals surface area (Å²) in [4.78, 5) is 0. The molecule has 62 valence electrons. The highest BCUT2D eigenvalue weighted by molar-refractivity contribution is 7.99. The number of hydrogen-bond donors (Lipinski definition) is 0. The molecule has 1 unspecified atom stereocenters. The summed E-state index contributed by atoms with van der Waals surface area (Å²) in [6, 6.07) is 0. The molecule has 0 aromatic heterocycles. The Morgan fingerprint density at radius 2 is 2.55 bits per heavy atom. The van der Waals surface area contributed by atoms with Gasteiger partial charge in [-0.15, -0.1) is 12.3 Å². The summed E-state index contributed by atoms with van der Waals surface area (Å²) < 4.78 is 5.34. The lowest BCUT2D eigenvalue weighted by atomic mass is 10.2. The van der Waals surface area contributed by atoms with Crippen molar-refractivity contribution in [2.45, 2.75) is 24.5 Å². The highest BCUT2D eigenvalue weighted by Gasteiger charge is 2.12. The van der Waals surface area contributed by atoms with Gasteiger partial charge in [0.15, 0.2) is 0 Å². The Hall–Kier alpha value is -0.130. The lowest BCUT2D eigenvalue weighted by molar-refractivity contribution is 0.101. The van der Waals surface area contributed by atoms with Gasteiger partial charge in [-0.05, 0) is 12.8 Å². The summed E-state index contributed by atoms with van der Waals surface area (Å²) in [6.07, 6.45) is 8.56. The van der Waals surface area contributed by atoms with Crippen molar-refractivity contribution >= 4 is 11.8 Å². The van der Waals surface area contributed by atoms with Crippen LogP contribution in [0.1, 0.15) is 19.3 Å². The number of rotatable bonds is 3. The van der Waals surface area contributed by atoms with Crippen molar-refractivity contribution in [2.24, 2.45) is 0 Å². The van der Waals surface area contributed by atoms with E-state index in [0.717, 1.165) is 25.4 Å². The van der Waals surface area contributed by atoms with Crippen molar-refractivity contribution < 1.29 is 4.74 Å². The molecule has 1 nitrogen and oxygen atoms in total. The molecule has 1 aliphatic heterocycles. The van der Waals surface area contributed by atoms with Gasteiger partial charge in [-0.25, -0.2) is 0 Å². The molecule has 1 aliphatic rings. The van der Waals surface area contributed by atoms with Crippen LogP contribution in [0.15, 0.2) is 0 Å². The first-order valence-corrected chi connectivity index (χ1v) is 5.11. The molecule has 1 fully saturated rings. The van der Waals surface area contributed by atoms with Crippen molar-refractivity contribution in [1.29, 1.82) is 0 Å². The monoisotopic (exact) mass is 170 g/mol. The van der Waals surface area contributed by atoms with E-state index in [9.17, 15) is 0 Å². The van der Waals surface area contributed by atoms with Gasteiger partial charge in [0.25, 0.3) is 0 Å². The maximum absolute atomic E-state index is 5.34. The number of ether oxygens (including phenoxy) is 1. The average Bonchev–Trinajstić information content (AvgIpc) is 2.07. The molecule has 1 heterocycles. The molecule has 0 aromatic carbocycles. The fourth-order valence-electron chi connectivity index (χ4n) is 1.13. The fraction of sp³-hybridized carbons (Fsp3) is 0.778. The van der Waals surface area contributed by atoms with Gasteiger partial charge in [-0.3, -0.25) is 0 Å². The molecule has 0 bridgehead atoms. The standard InChI is InChI=1S/C9H14OS/c1-2-3-7-11-9-5-4-6-10-8-9/h1,9H,3-8H2. The third-order valence-electron chi connectivity index (χ3n) is 1.72. The maximum atomic E-state index is 5.34. The minimum Gasteiger partial charge on any atom is -0.380 e. The molecule has 11 heavy (non-hydrogen) atoms. The highest BCUT2D eigenvalue weighted by Crippen LogP contribution is 2.20. The second-order valence-corrected chi connectivity index (χ2v) is 4.07. The first-order chi connectivity index (χ1) is 5.43. The van der Waals surface area contributed by atoms with Gasteiger partial charge in [0.05, 0.1) is 6.61 Å². The first-order valence-electron chi connectivity index (χ1n) is 4.06. The molecule has 0 radical (unpaired) electrons. The summed E-state index contributed by atoms with van der Waals surface area (Å²) >= 11 is 1.95. The summed E-state index contributed by atoms with van der Waals surface area (Å²) in [6.45, 7) is 1.88.